The summed E-state index contributed by atoms with van der Waals surface area (Å²) in [6.07, 6.45) is 7.10. The average molecular weight is 736 g/mol. The number of fused-ring (bicyclic) bond motifs is 1. The molecule has 1 aliphatic rings. The molecule has 54 heavy (non-hydrogen) atoms. The van der Waals surface area contributed by atoms with Crippen LogP contribution >= 0.6 is 0 Å². The molecule has 3 aromatic heterocycles. The molecule has 0 radical (unpaired) electrons. The fraction of sp³-hybridized carbons (Fsp3) is 0.400. The summed E-state index contributed by atoms with van der Waals surface area (Å²) in [6, 6.07) is 17.5. The van der Waals surface area contributed by atoms with Crippen molar-refractivity contribution in [3.05, 3.63) is 78.8 Å². The number of rotatable bonds is 16. The lowest BCUT2D eigenvalue weighted by atomic mass is 9.98. The summed E-state index contributed by atoms with van der Waals surface area (Å²) >= 11 is 0. The Kier molecular flexibility index (Phi) is 12.2. The Bertz CT molecular complexity index is 2060. The lowest BCUT2D eigenvalue weighted by Gasteiger charge is -2.29. The quantitative estimate of drug-likeness (QED) is 0.112. The third-order valence-corrected chi connectivity index (χ3v) is 8.92. The molecule has 14 nitrogen and oxygen atoms in total. The maximum Gasteiger partial charge on any atom is 0.237 e. The van der Waals surface area contributed by atoms with Gasteiger partial charge in [-0.3, -0.25) is 19.6 Å². The van der Waals surface area contributed by atoms with E-state index in [4.69, 9.17) is 9.47 Å². The second kappa shape index (κ2) is 17.1. The van der Waals surface area contributed by atoms with Gasteiger partial charge in [0.25, 0.3) is 0 Å². The predicted molar refractivity (Wildman–Crippen MR) is 207 cm³/mol. The summed E-state index contributed by atoms with van der Waals surface area (Å²) in [5, 5.41) is 26.0. The van der Waals surface area contributed by atoms with Crippen molar-refractivity contribution in [3.63, 3.8) is 0 Å². The van der Waals surface area contributed by atoms with Gasteiger partial charge in [-0.25, -0.2) is 14.6 Å². The van der Waals surface area contributed by atoms with Crippen LogP contribution in [0.2, 0.25) is 0 Å². The Morgan fingerprint density at radius 2 is 1.83 bits per heavy atom. The summed E-state index contributed by atoms with van der Waals surface area (Å²) in [5.74, 6) is 1.07. The fourth-order valence-corrected chi connectivity index (χ4v) is 6.38. The lowest BCUT2D eigenvalue weighted by molar-refractivity contribution is -0.133. The molecule has 0 fully saturated rings. The van der Waals surface area contributed by atoms with Crippen LogP contribution in [-0.4, -0.2) is 108 Å². The van der Waals surface area contributed by atoms with Gasteiger partial charge >= 0.3 is 0 Å². The Balaban J connectivity index is 0.970. The zero-order chi connectivity index (χ0) is 38.2. The highest BCUT2D eigenvalue weighted by Crippen LogP contribution is 2.29. The van der Waals surface area contributed by atoms with Crippen molar-refractivity contribution in [2.75, 3.05) is 45.3 Å². The van der Waals surface area contributed by atoms with E-state index in [1.807, 2.05) is 66.1 Å². The number of hydrogen-bond donors (Lipinski definition) is 3. The summed E-state index contributed by atoms with van der Waals surface area (Å²) in [5.41, 5.74) is 5.41. The second-order valence-electron chi connectivity index (χ2n) is 14.5. The number of H-pyrrole nitrogens is 1. The number of benzene rings is 2. The minimum atomic E-state index is -0.875. The van der Waals surface area contributed by atoms with E-state index in [0.717, 1.165) is 39.7 Å². The molecule has 284 valence electrons. The molecule has 0 atom stereocenters. The van der Waals surface area contributed by atoms with Gasteiger partial charge in [0, 0.05) is 67.6 Å². The third-order valence-electron chi connectivity index (χ3n) is 8.92. The number of pyridine rings is 1. The number of ether oxygens (including phenoxy) is 2. The van der Waals surface area contributed by atoms with E-state index in [-0.39, 0.29) is 24.5 Å². The van der Waals surface area contributed by atoms with Gasteiger partial charge in [0.05, 0.1) is 37.0 Å². The molecule has 14 heteroatoms. The van der Waals surface area contributed by atoms with Crippen molar-refractivity contribution >= 4 is 34.0 Å². The van der Waals surface area contributed by atoms with Crippen LogP contribution in [0.1, 0.15) is 52.5 Å². The van der Waals surface area contributed by atoms with Gasteiger partial charge in [-0.15, -0.1) is 0 Å². The molecule has 0 saturated carbocycles. The number of nitrogens with one attached hydrogen (secondary N) is 2. The van der Waals surface area contributed by atoms with Gasteiger partial charge in [-0.1, -0.05) is 30.3 Å². The summed E-state index contributed by atoms with van der Waals surface area (Å²) in [6.45, 7) is 9.92. The van der Waals surface area contributed by atoms with Crippen molar-refractivity contribution < 1.29 is 24.2 Å². The minimum absolute atomic E-state index is 0.0244. The molecule has 1 aliphatic heterocycles. The van der Waals surface area contributed by atoms with Crippen molar-refractivity contribution in [1.82, 2.24) is 39.7 Å². The highest BCUT2D eigenvalue weighted by molar-refractivity contribution is 5.98. The first-order valence-corrected chi connectivity index (χ1v) is 18.3. The number of nitrogens with zero attached hydrogens (tertiary/aromatic N) is 7. The molecule has 6 rings (SSSR count). The van der Waals surface area contributed by atoms with Gasteiger partial charge < -0.3 is 24.8 Å². The summed E-state index contributed by atoms with van der Waals surface area (Å²) in [7, 11) is 1.60. The van der Waals surface area contributed by atoms with Gasteiger partial charge in [-0.05, 0) is 75.9 Å². The van der Waals surface area contributed by atoms with Crippen molar-refractivity contribution in [3.8, 4) is 28.5 Å². The van der Waals surface area contributed by atoms with Crippen molar-refractivity contribution in [2.45, 2.75) is 65.2 Å². The largest absolute Gasteiger partial charge is 0.475 e. The Labute approximate surface area is 315 Å². The molecular weight excluding hydrogens is 686 g/mol. The van der Waals surface area contributed by atoms with E-state index in [2.05, 4.69) is 48.8 Å². The summed E-state index contributed by atoms with van der Waals surface area (Å²) in [4.78, 5) is 38.8. The number of aliphatic hydroxyl groups is 1. The number of aromatic amines is 1. The van der Waals surface area contributed by atoms with Crippen molar-refractivity contribution in [1.29, 1.82) is 0 Å². The molecule has 3 N–H and O–H groups in total. The van der Waals surface area contributed by atoms with Gasteiger partial charge in [0.1, 0.15) is 12.0 Å². The number of carbonyl (C=O) groups is 2. The number of methoxy groups -OCH3 is 1. The number of amides is 2. The lowest BCUT2D eigenvalue weighted by Crippen LogP contribution is -2.43. The first-order valence-electron chi connectivity index (χ1n) is 18.3. The molecule has 0 spiro atoms. The van der Waals surface area contributed by atoms with Gasteiger partial charge in [0.2, 0.25) is 17.7 Å². The van der Waals surface area contributed by atoms with E-state index in [1.165, 1.54) is 5.57 Å². The molecule has 2 amide bonds. The van der Waals surface area contributed by atoms with Crippen LogP contribution in [-0.2, 0) is 20.9 Å². The maximum absolute atomic E-state index is 13.3. The first kappa shape index (κ1) is 38.3. The smallest absolute Gasteiger partial charge is 0.237 e. The standard InChI is InChI=1S/C40H49N9O5/c1-27(2)54-36-15-12-31(22-41-36)38-33-21-32(13-14-34(33)44-45-38)43-35(50)7-6-18-47(26-53-5)23-37(51)48-19-16-29(17-20-48)28-8-10-30(11-9-28)39-42-25-49(46-39)24-40(3,4)52/h8-16,21-22,25,27,52H,6-7,17-20,23-24,26H2,1-5H3,(H,43,50)(H,44,45). The number of hydrogen-bond acceptors (Lipinski definition) is 10. The molecule has 2 aromatic carbocycles. The van der Waals surface area contributed by atoms with Crippen LogP contribution in [0.4, 0.5) is 5.69 Å². The molecule has 0 saturated heterocycles. The van der Waals surface area contributed by atoms with Crippen LogP contribution in [0.15, 0.2) is 73.2 Å². The fourth-order valence-electron chi connectivity index (χ4n) is 6.38. The average Bonchev–Trinajstić information content (AvgIpc) is 3.78. The normalized spacial score (nSPS) is 13.5. The third kappa shape index (κ3) is 10.2. The summed E-state index contributed by atoms with van der Waals surface area (Å²) < 4.78 is 12.7. The first-order chi connectivity index (χ1) is 25.9. The number of anilines is 1. The number of aromatic nitrogens is 6. The van der Waals surface area contributed by atoms with E-state index in [9.17, 15) is 14.7 Å². The monoisotopic (exact) mass is 735 g/mol. The van der Waals surface area contributed by atoms with Crippen LogP contribution < -0.4 is 10.1 Å². The van der Waals surface area contributed by atoms with Crippen LogP contribution in [0, 0.1) is 0 Å². The van der Waals surface area contributed by atoms with Gasteiger partial charge in [0.15, 0.2) is 5.82 Å². The molecule has 4 heterocycles. The maximum atomic E-state index is 13.3. The number of carbonyl (C=O) groups excluding carboxylic acids is 2. The highest BCUT2D eigenvalue weighted by Gasteiger charge is 2.21. The van der Waals surface area contributed by atoms with Crippen molar-refractivity contribution in [2.24, 2.45) is 0 Å². The predicted octanol–water partition coefficient (Wildman–Crippen LogP) is 5.38. The highest BCUT2D eigenvalue weighted by atomic mass is 16.5. The molecular formula is C40H49N9O5. The van der Waals surface area contributed by atoms with E-state index in [0.29, 0.717) is 63.1 Å². The Hall–Kier alpha value is -5.44. The molecule has 0 bridgehead atoms. The Morgan fingerprint density at radius 3 is 2.52 bits per heavy atom. The minimum Gasteiger partial charge on any atom is -0.475 e. The zero-order valence-corrected chi connectivity index (χ0v) is 31.6. The SMILES string of the molecule is COCN(CCCC(=O)Nc1ccc2[nH]nc(-c3ccc(OC(C)C)nc3)c2c1)CC(=O)N1CC=C(c2ccc(-c3ncn(CC(C)(C)O)n3)cc2)CC1. The Morgan fingerprint density at radius 1 is 1.06 bits per heavy atom. The van der Waals surface area contributed by atoms with Crippen LogP contribution in [0.5, 0.6) is 5.88 Å². The topological polar surface area (TPSA) is 164 Å². The molecule has 0 unspecified atom stereocenters. The van der Waals surface area contributed by atoms with Crippen LogP contribution in [0.3, 0.4) is 0 Å². The van der Waals surface area contributed by atoms with E-state index in [1.54, 1.807) is 38.2 Å². The van der Waals surface area contributed by atoms with E-state index < -0.39 is 5.60 Å². The van der Waals surface area contributed by atoms with E-state index >= 15 is 0 Å². The molecule has 5 aromatic rings. The van der Waals surface area contributed by atoms with Crippen LogP contribution in [0.25, 0.3) is 39.1 Å². The second-order valence-corrected chi connectivity index (χ2v) is 14.5. The van der Waals surface area contributed by atoms with Gasteiger partial charge in [-0.2, -0.15) is 10.2 Å². The zero-order valence-electron chi connectivity index (χ0n) is 31.6. The molecule has 0 aliphatic carbocycles.